The molecule has 0 aliphatic heterocycles. The van der Waals surface area contributed by atoms with Crippen LogP contribution < -0.4 is 0 Å². The summed E-state index contributed by atoms with van der Waals surface area (Å²) in [5.74, 6) is 2.42. The number of rotatable bonds is 11. The van der Waals surface area contributed by atoms with Crippen LogP contribution in [0.1, 0.15) is 171 Å². The summed E-state index contributed by atoms with van der Waals surface area (Å²) < 4.78 is 0. The van der Waals surface area contributed by atoms with Gasteiger partial charge in [-0.3, -0.25) is 0 Å². The van der Waals surface area contributed by atoms with E-state index in [9.17, 15) is 0 Å². The van der Waals surface area contributed by atoms with Crippen LogP contribution in [-0.4, -0.2) is 15.0 Å². The molecule has 0 radical (unpaired) electrons. The van der Waals surface area contributed by atoms with Crippen molar-refractivity contribution in [1.82, 2.24) is 0 Å². The van der Waals surface area contributed by atoms with Crippen molar-refractivity contribution in [3.05, 3.63) is 131 Å². The average Bonchev–Trinajstić information content (AvgIpc) is 3.74. The summed E-state index contributed by atoms with van der Waals surface area (Å²) in [4.78, 5) is 0. The summed E-state index contributed by atoms with van der Waals surface area (Å²) in [5, 5.41) is 7.28. The Morgan fingerprint density at radius 2 is 1.08 bits per heavy atom. The third-order valence-electron chi connectivity index (χ3n) is 9.54. The molecule has 0 saturated carbocycles. The first-order valence-corrected chi connectivity index (χ1v) is 20.3. The molecule has 51 heavy (non-hydrogen) atoms. The number of benzene rings is 3. The number of aryl methyl sites for hydroxylation is 2. The molecule has 0 unspecified atom stereocenters. The first kappa shape index (κ1) is 46.9. The molecule has 0 spiro atoms. The molecule has 0 nitrogen and oxygen atoms in total. The van der Waals surface area contributed by atoms with E-state index in [0.717, 1.165) is 19.3 Å². The Hall–Kier alpha value is -2.16. The SMILES string of the molecule is CCc1cc2c(C(C)C)cc(C(C)C)cc2[cH-]1.CCc1cc2c(C(C)C)cc(C(C)C)cc2[cH-]1.C[CH-]CCC(=[SiH2])c1ccccc1.[CH2-]CCC.[Hf+4]. The Morgan fingerprint density at radius 3 is 1.39 bits per heavy atom. The van der Waals surface area contributed by atoms with Gasteiger partial charge < -0.3 is 13.3 Å². The maximum absolute atomic E-state index is 3.60. The van der Waals surface area contributed by atoms with E-state index in [-0.39, 0.29) is 25.8 Å². The van der Waals surface area contributed by atoms with E-state index in [4.69, 9.17) is 0 Å². The van der Waals surface area contributed by atoms with Crippen molar-refractivity contribution >= 4 is 36.6 Å². The van der Waals surface area contributed by atoms with E-state index in [1.165, 1.54) is 84.9 Å². The minimum absolute atomic E-state index is 0. The van der Waals surface area contributed by atoms with Crippen LogP contribution in [0.4, 0.5) is 0 Å². The van der Waals surface area contributed by atoms with Crippen LogP contribution in [0.5, 0.6) is 0 Å². The van der Waals surface area contributed by atoms with Crippen molar-refractivity contribution in [3.8, 4) is 0 Å². The molecule has 0 aliphatic rings. The second-order valence-electron chi connectivity index (χ2n) is 15.0. The Morgan fingerprint density at radius 1 is 0.667 bits per heavy atom. The van der Waals surface area contributed by atoms with Gasteiger partial charge in [-0.15, -0.1) is 56.9 Å². The molecule has 0 atom stereocenters. The second kappa shape index (κ2) is 24.2. The van der Waals surface area contributed by atoms with Crippen molar-refractivity contribution < 1.29 is 25.8 Å². The van der Waals surface area contributed by atoms with Crippen LogP contribution in [0.25, 0.3) is 21.5 Å². The van der Waals surface area contributed by atoms with Crippen LogP contribution in [0.2, 0.25) is 0 Å². The van der Waals surface area contributed by atoms with Gasteiger partial charge in [-0.2, -0.15) is 31.9 Å². The molecular formula is C49H70HfSi. The molecule has 0 amide bonds. The standard InChI is InChI=1S/2C17H23.C11H15Si.C4H9.Hf/c2*1-6-13-7-15-9-14(11(2)3)10-16(12(4)5)17(15)8-13;1-2-3-9-11(12)10-7-5-4-6-8-10;1-3-4-2;/h2*7-12H,6H2,1-5H3;2,4-8H,3,9,12H2,1H3;1,3-4H2,2H3;/q4*-1;+4. The Bertz CT molecular complexity index is 1590. The molecule has 5 rings (SSSR count). The summed E-state index contributed by atoms with van der Waals surface area (Å²) in [7, 11) is 2.00. The van der Waals surface area contributed by atoms with Gasteiger partial charge in [0.15, 0.2) is 0 Å². The second-order valence-corrected chi connectivity index (χ2v) is 15.9. The largest absolute Gasteiger partial charge is 4.00 e. The summed E-state index contributed by atoms with van der Waals surface area (Å²) in [6, 6.07) is 29.6. The summed E-state index contributed by atoms with van der Waals surface area (Å²) >= 11 is 0. The molecule has 5 aromatic carbocycles. The molecule has 5 aromatic rings. The summed E-state index contributed by atoms with van der Waals surface area (Å²) in [6.45, 7) is 30.5. The smallest absolute Gasteiger partial charge is 0.343 e. The summed E-state index contributed by atoms with van der Waals surface area (Å²) in [5.41, 5.74) is 10.3. The molecule has 0 heterocycles. The molecule has 0 fully saturated rings. The monoisotopic (exact) mass is 866 g/mol. The predicted molar refractivity (Wildman–Crippen MR) is 233 cm³/mol. The van der Waals surface area contributed by atoms with Crippen LogP contribution in [0.15, 0.2) is 78.9 Å². The fourth-order valence-electron chi connectivity index (χ4n) is 6.04. The molecular weight excluding hydrogens is 795 g/mol. The maximum atomic E-state index is 3.60. The molecule has 0 N–H and O–H groups in total. The van der Waals surface area contributed by atoms with Gasteiger partial charge in [-0.05, 0) is 51.9 Å². The molecule has 0 aromatic heterocycles. The minimum Gasteiger partial charge on any atom is -0.343 e. The predicted octanol–water partition coefficient (Wildman–Crippen LogP) is 14.2. The normalized spacial score (nSPS) is 10.8. The third kappa shape index (κ3) is 14.6. The average molecular weight is 866 g/mol. The van der Waals surface area contributed by atoms with E-state index in [1.54, 1.807) is 0 Å². The van der Waals surface area contributed by atoms with Crippen molar-refractivity contribution in [3.63, 3.8) is 0 Å². The van der Waals surface area contributed by atoms with Crippen LogP contribution in [0, 0.1) is 13.3 Å². The van der Waals surface area contributed by atoms with Crippen LogP contribution in [0.3, 0.4) is 0 Å². The van der Waals surface area contributed by atoms with Gasteiger partial charge in [0.1, 0.15) is 0 Å². The Labute approximate surface area is 336 Å². The van der Waals surface area contributed by atoms with Gasteiger partial charge in [-0.1, -0.05) is 159 Å². The van der Waals surface area contributed by atoms with Crippen LogP contribution >= 0.6 is 0 Å². The first-order chi connectivity index (χ1) is 23.8. The third-order valence-corrected chi connectivity index (χ3v) is 10.3. The van der Waals surface area contributed by atoms with Gasteiger partial charge in [0.2, 0.25) is 0 Å². The first-order valence-electron chi connectivity index (χ1n) is 19.6. The van der Waals surface area contributed by atoms with Gasteiger partial charge in [0, 0.05) is 0 Å². The topological polar surface area (TPSA) is 0 Å². The molecule has 274 valence electrons. The van der Waals surface area contributed by atoms with Gasteiger partial charge in [0.25, 0.3) is 0 Å². The molecule has 2 heteroatoms. The van der Waals surface area contributed by atoms with E-state index in [1.807, 2.05) is 9.85 Å². The van der Waals surface area contributed by atoms with E-state index < -0.39 is 0 Å². The molecule has 0 bridgehead atoms. The quantitative estimate of drug-likeness (QED) is 0.0917. The zero-order valence-electron chi connectivity index (χ0n) is 34.5. The van der Waals surface area contributed by atoms with Gasteiger partial charge in [0.05, 0.1) is 0 Å². The number of hydrogen-bond donors (Lipinski definition) is 0. The number of hydrogen-bond acceptors (Lipinski definition) is 0. The fourth-order valence-corrected chi connectivity index (χ4v) is 6.48. The minimum atomic E-state index is 0. The van der Waals surface area contributed by atoms with Crippen LogP contribution in [-0.2, 0) is 38.7 Å². The number of unbranched alkanes of at least 4 members (excludes halogenated alkanes) is 2. The van der Waals surface area contributed by atoms with Crippen molar-refractivity contribution in [2.75, 3.05) is 0 Å². The van der Waals surface area contributed by atoms with Crippen molar-refractivity contribution in [2.45, 2.75) is 145 Å². The number of fused-ring (bicyclic) bond motifs is 2. The van der Waals surface area contributed by atoms with E-state index >= 15 is 0 Å². The maximum Gasteiger partial charge on any atom is 4.00 e. The van der Waals surface area contributed by atoms with Gasteiger partial charge in [-0.25, -0.2) is 0 Å². The molecule has 0 aliphatic carbocycles. The Kier molecular flexibility index (Phi) is 22.2. The summed E-state index contributed by atoms with van der Waals surface area (Å²) in [6.07, 6.45) is 9.13. The fraction of sp³-hybridized carbons (Fsp3) is 0.449. The van der Waals surface area contributed by atoms with E-state index in [0.29, 0.717) is 23.7 Å². The van der Waals surface area contributed by atoms with E-state index in [2.05, 4.69) is 175 Å². The van der Waals surface area contributed by atoms with Crippen molar-refractivity contribution in [1.29, 1.82) is 0 Å². The zero-order chi connectivity index (χ0) is 37.4. The zero-order valence-corrected chi connectivity index (χ0v) is 39.6. The van der Waals surface area contributed by atoms with Crippen molar-refractivity contribution in [2.24, 2.45) is 0 Å². The Balaban J connectivity index is 0.000000365. The molecule has 0 saturated heterocycles. The van der Waals surface area contributed by atoms with Gasteiger partial charge >= 0.3 is 25.8 Å².